The average molecular weight is 495 g/mol. The summed E-state index contributed by atoms with van der Waals surface area (Å²) in [5.41, 5.74) is 0.893. The van der Waals surface area contributed by atoms with E-state index < -0.39 is 27.7 Å². The van der Waals surface area contributed by atoms with Gasteiger partial charge in [0.05, 0.1) is 34.6 Å². The number of anilines is 2. The number of aryl methyl sites for hydroxylation is 1. The van der Waals surface area contributed by atoms with Gasteiger partial charge in [-0.2, -0.15) is 13.2 Å². The normalized spacial score (nSPS) is 14.4. The van der Waals surface area contributed by atoms with E-state index in [2.05, 4.69) is 15.3 Å². The second-order valence-electron chi connectivity index (χ2n) is 7.24. The van der Waals surface area contributed by atoms with Gasteiger partial charge < -0.3 is 5.32 Å². The van der Waals surface area contributed by atoms with Gasteiger partial charge in [-0.3, -0.25) is 9.10 Å². The molecule has 172 valence electrons. The first-order chi connectivity index (χ1) is 15.5. The molecule has 12 heteroatoms. The van der Waals surface area contributed by atoms with Crippen molar-refractivity contribution in [3.63, 3.8) is 0 Å². The topological polar surface area (TPSA) is 92.3 Å². The molecule has 1 aliphatic heterocycles. The molecule has 1 amide bonds. The standard InChI is InChI=1S/C21H17F3N4O3S2/c1-12-7-8-16-13(9-12)19-17(33(30,31)28(16)2)10-25-20(27-19)32-11-18(29)26-15-6-4-3-5-14(15)21(22,23)24/h3-10H,11H2,1-2H3,(H,26,29). The summed E-state index contributed by atoms with van der Waals surface area (Å²) >= 11 is 0.890. The second-order valence-corrected chi connectivity index (χ2v) is 10.1. The number of carbonyl (C=O) groups is 1. The summed E-state index contributed by atoms with van der Waals surface area (Å²) in [4.78, 5) is 20.6. The van der Waals surface area contributed by atoms with Crippen LogP contribution in [0.2, 0.25) is 0 Å². The summed E-state index contributed by atoms with van der Waals surface area (Å²) < 4.78 is 66.2. The van der Waals surface area contributed by atoms with Crippen molar-refractivity contribution < 1.29 is 26.4 Å². The van der Waals surface area contributed by atoms with Gasteiger partial charge >= 0.3 is 6.18 Å². The number of nitrogens with zero attached hydrogens (tertiary/aromatic N) is 3. The minimum atomic E-state index is -4.61. The summed E-state index contributed by atoms with van der Waals surface area (Å²) in [7, 11) is -2.40. The van der Waals surface area contributed by atoms with E-state index in [0.29, 0.717) is 11.3 Å². The van der Waals surface area contributed by atoms with Crippen molar-refractivity contribution in [1.29, 1.82) is 0 Å². The fourth-order valence-electron chi connectivity index (χ4n) is 3.35. The maximum Gasteiger partial charge on any atom is 0.418 e. The van der Waals surface area contributed by atoms with Gasteiger partial charge in [-0.05, 0) is 31.2 Å². The summed E-state index contributed by atoms with van der Waals surface area (Å²) in [5.74, 6) is -0.945. The van der Waals surface area contributed by atoms with Gasteiger partial charge in [-0.15, -0.1) is 0 Å². The maximum atomic E-state index is 13.1. The van der Waals surface area contributed by atoms with E-state index in [9.17, 15) is 26.4 Å². The number of benzene rings is 2. The van der Waals surface area contributed by atoms with Gasteiger partial charge in [-0.25, -0.2) is 18.4 Å². The molecule has 2 heterocycles. The molecule has 0 radical (unpaired) electrons. The smallest absolute Gasteiger partial charge is 0.325 e. The van der Waals surface area contributed by atoms with Gasteiger partial charge in [0.2, 0.25) is 5.91 Å². The van der Waals surface area contributed by atoms with Crippen LogP contribution in [0.5, 0.6) is 0 Å². The van der Waals surface area contributed by atoms with Crippen LogP contribution in [0.4, 0.5) is 24.5 Å². The molecule has 1 aliphatic rings. The molecule has 3 aromatic rings. The number of thioether (sulfide) groups is 1. The lowest BCUT2D eigenvalue weighted by Gasteiger charge is -2.28. The Kier molecular flexibility index (Phi) is 5.83. The van der Waals surface area contributed by atoms with E-state index in [1.807, 2.05) is 13.0 Å². The number of sulfonamides is 1. The van der Waals surface area contributed by atoms with E-state index in [4.69, 9.17) is 0 Å². The maximum absolute atomic E-state index is 13.1. The minimum absolute atomic E-state index is 0.0593. The van der Waals surface area contributed by atoms with Gasteiger partial charge in [0.15, 0.2) is 5.16 Å². The molecule has 2 aromatic carbocycles. The Hall–Kier alpha value is -3.12. The molecule has 7 nitrogen and oxygen atoms in total. The Morgan fingerprint density at radius 1 is 1.18 bits per heavy atom. The largest absolute Gasteiger partial charge is 0.418 e. The molecule has 1 N–H and O–H groups in total. The number of alkyl halides is 3. The third-order valence-electron chi connectivity index (χ3n) is 4.96. The van der Waals surface area contributed by atoms with Crippen LogP contribution in [0.3, 0.4) is 0 Å². The highest BCUT2D eigenvalue weighted by molar-refractivity contribution is 7.99. The van der Waals surface area contributed by atoms with Gasteiger partial charge in [-0.1, -0.05) is 35.5 Å². The summed E-state index contributed by atoms with van der Waals surface area (Å²) in [5, 5.41) is 2.38. The number of hydrogen-bond acceptors (Lipinski definition) is 6. The van der Waals surface area contributed by atoms with Gasteiger partial charge in [0, 0.05) is 12.6 Å². The number of nitrogens with one attached hydrogen (secondary N) is 1. The predicted octanol–water partition coefficient (Wildman–Crippen LogP) is 4.34. The van der Waals surface area contributed by atoms with Crippen molar-refractivity contribution in [2.24, 2.45) is 0 Å². The van der Waals surface area contributed by atoms with Crippen LogP contribution >= 0.6 is 11.8 Å². The summed E-state index contributed by atoms with van der Waals surface area (Å²) in [6.07, 6.45) is -3.43. The van der Waals surface area contributed by atoms with Gasteiger partial charge in [0.25, 0.3) is 10.0 Å². The molecule has 0 fully saturated rings. The quantitative estimate of drug-likeness (QED) is 0.429. The van der Waals surface area contributed by atoms with Crippen LogP contribution in [-0.2, 0) is 21.0 Å². The lowest BCUT2D eigenvalue weighted by atomic mass is 10.1. The number of amides is 1. The molecular formula is C21H17F3N4O3S2. The van der Waals surface area contributed by atoms with Crippen molar-refractivity contribution in [3.8, 4) is 11.3 Å². The molecule has 0 bridgehead atoms. The van der Waals surface area contributed by atoms with Crippen molar-refractivity contribution in [2.45, 2.75) is 23.2 Å². The molecule has 4 rings (SSSR count). The lowest BCUT2D eigenvalue weighted by Crippen LogP contribution is -2.31. The minimum Gasteiger partial charge on any atom is -0.325 e. The van der Waals surface area contributed by atoms with Crippen LogP contribution in [0.1, 0.15) is 11.1 Å². The average Bonchev–Trinajstić information content (AvgIpc) is 2.76. The highest BCUT2D eigenvalue weighted by Crippen LogP contribution is 2.42. The SMILES string of the molecule is Cc1ccc2c(c1)-c1nc(SCC(=O)Nc3ccccc3C(F)(F)F)ncc1S(=O)(=O)N2C. The van der Waals surface area contributed by atoms with E-state index in [1.165, 1.54) is 31.4 Å². The monoisotopic (exact) mass is 494 g/mol. The van der Waals surface area contributed by atoms with Gasteiger partial charge in [0.1, 0.15) is 4.90 Å². The fraction of sp³-hybridized carbons (Fsp3) is 0.190. The molecule has 0 saturated carbocycles. The third kappa shape index (κ3) is 4.40. The Balaban J connectivity index is 1.58. The molecule has 0 saturated heterocycles. The van der Waals surface area contributed by atoms with Crippen molar-refractivity contribution in [3.05, 3.63) is 59.8 Å². The third-order valence-corrected chi connectivity index (χ3v) is 7.59. The van der Waals surface area contributed by atoms with E-state index in [-0.39, 0.29) is 27.2 Å². The zero-order valence-corrected chi connectivity index (χ0v) is 19.0. The molecule has 0 unspecified atom stereocenters. The zero-order valence-electron chi connectivity index (χ0n) is 17.3. The van der Waals surface area contributed by atoms with Crippen LogP contribution in [0.15, 0.2) is 58.7 Å². The molecule has 0 spiro atoms. The fourth-order valence-corrected chi connectivity index (χ4v) is 5.27. The highest BCUT2D eigenvalue weighted by atomic mass is 32.2. The summed E-state index contributed by atoms with van der Waals surface area (Å²) in [6, 6.07) is 9.96. The Morgan fingerprint density at radius 2 is 1.91 bits per heavy atom. The Morgan fingerprint density at radius 3 is 2.64 bits per heavy atom. The Labute approximate surface area is 192 Å². The first kappa shape index (κ1) is 23.1. The van der Waals surface area contributed by atoms with Crippen LogP contribution in [-0.4, -0.2) is 37.1 Å². The van der Waals surface area contributed by atoms with Crippen molar-refractivity contribution in [1.82, 2.24) is 9.97 Å². The number of rotatable bonds is 4. The molecular weight excluding hydrogens is 477 g/mol. The second kappa shape index (κ2) is 8.34. The van der Waals surface area contributed by atoms with Crippen LogP contribution in [0, 0.1) is 6.92 Å². The predicted molar refractivity (Wildman–Crippen MR) is 119 cm³/mol. The molecule has 0 atom stereocenters. The summed E-state index contributed by atoms with van der Waals surface area (Å²) in [6.45, 7) is 1.86. The number of halogens is 3. The van der Waals surface area contributed by atoms with E-state index >= 15 is 0 Å². The van der Waals surface area contributed by atoms with Crippen LogP contribution in [0.25, 0.3) is 11.3 Å². The number of para-hydroxylation sites is 1. The van der Waals surface area contributed by atoms with E-state index in [0.717, 1.165) is 27.7 Å². The number of hydrogen-bond donors (Lipinski definition) is 1. The first-order valence-corrected chi connectivity index (χ1v) is 12.0. The zero-order chi connectivity index (χ0) is 24.0. The van der Waals surface area contributed by atoms with Crippen LogP contribution < -0.4 is 9.62 Å². The van der Waals surface area contributed by atoms with E-state index in [1.54, 1.807) is 12.1 Å². The number of aromatic nitrogens is 2. The lowest BCUT2D eigenvalue weighted by molar-refractivity contribution is -0.137. The number of fused-ring (bicyclic) bond motifs is 3. The number of carbonyl (C=O) groups excluding carboxylic acids is 1. The van der Waals surface area contributed by atoms with Crippen molar-refractivity contribution >= 4 is 39.1 Å². The first-order valence-electron chi connectivity index (χ1n) is 9.54. The molecule has 1 aromatic heterocycles. The Bertz CT molecular complexity index is 1360. The molecule has 0 aliphatic carbocycles. The van der Waals surface area contributed by atoms with Crippen molar-refractivity contribution in [2.75, 3.05) is 22.4 Å². The highest BCUT2D eigenvalue weighted by Gasteiger charge is 2.35. The molecule has 33 heavy (non-hydrogen) atoms.